The number of carbonyl (C=O) groups excluding carboxylic acids is 1. The van der Waals surface area contributed by atoms with E-state index in [1.807, 2.05) is 47.2 Å². The summed E-state index contributed by atoms with van der Waals surface area (Å²) in [5, 5.41) is 14.7. The van der Waals surface area contributed by atoms with Gasteiger partial charge in [-0.1, -0.05) is 6.07 Å². The number of pyridine rings is 2. The van der Waals surface area contributed by atoms with Crippen molar-refractivity contribution < 1.29 is 9.90 Å². The van der Waals surface area contributed by atoms with Crippen molar-refractivity contribution in [2.24, 2.45) is 0 Å². The van der Waals surface area contributed by atoms with Gasteiger partial charge < -0.3 is 19.9 Å². The number of piperidine rings is 1. The number of hydrogen-bond donors (Lipinski definition) is 2. The number of aryl methyl sites for hydroxylation is 2. The molecule has 7 heterocycles. The van der Waals surface area contributed by atoms with Crippen LogP contribution in [0.5, 0.6) is 0 Å². The number of rotatable bonds is 3. The Morgan fingerprint density at radius 3 is 2.74 bits per heavy atom. The SMILES string of the molecule is Cc1cccc(-c2nn3c(c2-c2ccnc(-c4nc5c([nH]4)CN(C(=O)N4CCC(O)CC4)C5)c2)CCC3)n1. The Labute approximate surface area is 220 Å². The van der Waals surface area contributed by atoms with Gasteiger partial charge in [-0.05, 0) is 62.4 Å². The fourth-order valence-corrected chi connectivity index (χ4v) is 5.85. The molecule has 0 atom stereocenters. The van der Waals surface area contributed by atoms with Gasteiger partial charge in [-0.2, -0.15) is 5.10 Å². The molecule has 1 fully saturated rings. The number of nitrogens with one attached hydrogen (secondary N) is 1. The Kier molecular flexibility index (Phi) is 5.50. The van der Waals surface area contributed by atoms with E-state index in [0.717, 1.165) is 64.7 Å². The molecule has 194 valence electrons. The Morgan fingerprint density at radius 1 is 1.05 bits per heavy atom. The van der Waals surface area contributed by atoms with Crippen LogP contribution in [0.1, 0.15) is 42.0 Å². The average Bonchev–Trinajstić information content (AvgIpc) is 3.69. The lowest BCUT2D eigenvalue weighted by Crippen LogP contribution is -2.45. The molecule has 3 aliphatic heterocycles. The fraction of sp³-hybridized carbons (Fsp3) is 0.393. The molecule has 0 radical (unpaired) electrons. The number of amides is 2. The molecular weight excluding hydrogens is 480 g/mol. The first-order chi connectivity index (χ1) is 18.5. The van der Waals surface area contributed by atoms with E-state index in [9.17, 15) is 9.90 Å². The normalized spacial score (nSPS) is 17.2. The fourth-order valence-electron chi connectivity index (χ4n) is 5.85. The van der Waals surface area contributed by atoms with Gasteiger partial charge in [0.2, 0.25) is 0 Å². The number of nitrogens with zero attached hydrogens (tertiary/aromatic N) is 7. The molecule has 10 heteroatoms. The van der Waals surface area contributed by atoms with Crippen molar-refractivity contribution in [1.82, 2.24) is 39.5 Å². The van der Waals surface area contributed by atoms with Crippen LogP contribution in [0.3, 0.4) is 0 Å². The summed E-state index contributed by atoms with van der Waals surface area (Å²) in [4.78, 5) is 34.3. The Balaban J connectivity index is 1.17. The molecule has 3 aliphatic rings. The van der Waals surface area contributed by atoms with E-state index in [1.54, 1.807) is 0 Å². The van der Waals surface area contributed by atoms with Gasteiger partial charge in [0.05, 0.1) is 36.3 Å². The Bertz CT molecular complexity index is 1510. The number of urea groups is 1. The van der Waals surface area contributed by atoms with E-state index in [4.69, 9.17) is 15.1 Å². The number of fused-ring (bicyclic) bond motifs is 2. The molecule has 4 aromatic heterocycles. The van der Waals surface area contributed by atoms with E-state index in [-0.39, 0.29) is 12.1 Å². The summed E-state index contributed by atoms with van der Waals surface area (Å²) >= 11 is 0. The molecule has 0 aliphatic carbocycles. The first kappa shape index (κ1) is 23.1. The summed E-state index contributed by atoms with van der Waals surface area (Å²) in [7, 11) is 0. The lowest BCUT2D eigenvalue weighted by atomic mass is 10.00. The molecule has 0 saturated carbocycles. The smallest absolute Gasteiger partial charge is 0.320 e. The number of aliphatic hydroxyl groups is 1. The van der Waals surface area contributed by atoms with Crippen molar-refractivity contribution in [3.05, 3.63) is 59.3 Å². The van der Waals surface area contributed by atoms with Crippen LogP contribution >= 0.6 is 0 Å². The third-order valence-electron chi connectivity index (χ3n) is 7.82. The van der Waals surface area contributed by atoms with Crippen molar-refractivity contribution in [2.45, 2.75) is 58.3 Å². The molecule has 0 aromatic carbocycles. The molecule has 1 saturated heterocycles. The van der Waals surface area contributed by atoms with Crippen molar-refractivity contribution >= 4 is 6.03 Å². The van der Waals surface area contributed by atoms with E-state index in [0.29, 0.717) is 44.8 Å². The largest absolute Gasteiger partial charge is 0.393 e. The topological polar surface area (TPSA) is 116 Å². The van der Waals surface area contributed by atoms with E-state index >= 15 is 0 Å². The quantitative estimate of drug-likeness (QED) is 0.436. The number of imidazole rings is 1. The number of aromatic nitrogens is 6. The first-order valence-electron chi connectivity index (χ1n) is 13.3. The van der Waals surface area contributed by atoms with Crippen LogP contribution in [0.25, 0.3) is 34.0 Å². The number of carbonyl (C=O) groups is 1. The summed E-state index contributed by atoms with van der Waals surface area (Å²) < 4.78 is 2.12. The van der Waals surface area contributed by atoms with Crippen LogP contribution in [0, 0.1) is 6.92 Å². The van der Waals surface area contributed by atoms with Crippen LogP contribution in [-0.4, -0.2) is 69.8 Å². The molecule has 0 spiro atoms. The maximum absolute atomic E-state index is 13.0. The molecule has 10 nitrogen and oxygen atoms in total. The number of H-pyrrole nitrogens is 1. The lowest BCUT2D eigenvalue weighted by molar-refractivity contribution is 0.0807. The second-order valence-electron chi connectivity index (χ2n) is 10.5. The van der Waals surface area contributed by atoms with Gasteiger partial charge in [-0.3, -0.25) is 14.6 Å². The standard InChI is InChI=1S/C28H30N8O2/c1-17-4-2-5-20(30-17)26-25(24-6-3-11-36(24)33-26)18-7-10-29-21(14-18)27-31-22-15-35(16-23(22)32-27)28(38)34-12-8-19(37)9-13-34/h2,4-5,7,10,14,19,37H,3,6,8-9,11-13,15-16H2,1H3,(H,31,32). The third-order valence-corrected chi connectivity index (χ3v) is 7.82. The van der Waals surface area contributed by atoms with Crippen molar-refractivity contribution in [2.75, 3.05) is 13.1 Å². The second-order valence-corrected chi connectivity index (χ2v) is 10.5. The van der Waals surface area contributed by atoms with Gasteiger partial charge in [0.1, 0.15) is 11.4 Å². The van der Waals surface area contributed by atoms with Gasteiger partial charge in [-0.25, -0.2) is 9.78 Å². The van der Waals surface area contributed by atoms with Crippen LogP contribution in [0.4, 0.5) is 4.79 Å². The highest BCUT2D eigenvalue weighted by Crippen LogP contribution is 2.38. The highest BCUT2D eigenvalue weighted by molar-refractivity contribution is 5.83. The van der Waals surface area contributed by atoms with Crippen molar-refractivity contribution in [3.63, 3.8) is 0 Å². The van der Waals surface area contributed by atoms with Crippen molar-refractivity contribution in [3.8, 4) is 34.0 Å². The predicted molar refractivity (Wildman–Crippen MR) is 141 cm³/mol. The summed E-state index contributed by atoms with van der Waals surface area (Å²) in [6, 6.07) is 10.2. The highest BCUT2D eigenvalue weighted by atomic mass is 16.3. The molecule has 38 heavy (non-hydrogen) atoms. The molecular formula is C28H30N8O2. The van der Waals surface area contributed by atoms with E-state index < -0.39 is 0 Å². The minimum absolute atomic E-state index is 0.0114. The monoisotopic (exact) mass is 510 g/mol. The van der Waals surface area contributed by atoms with Crippen LogP contribution in [-0.2, 0) is 26.1 Å². The van der Waals surface area contributed by atoms with Gasteiger partial charge in [-0.15, -0.1) is 0 Å². The zero-order chi connectivity index (χ0) is 25.8. The van der Waals surface area contributed by atoms with Gasteiger partial charge in [0.15, 0.2) is 5.82 Å². The minimum Gasteiger partial charge on any atom is -0.393 e. The lowest BCUT2D eigenvalue weighted by Gasteiger charge is -2.32. The van der Waals surface area contributed by atoms with Gasteiger partial charge in [0, 0.05) is 42.8 Å². The summed E-state index contributed by atoms with van der Waals surface area (Å²) in [5.74, 6) is 0.712. The molecule has 4 aromatic rings. The van der Waals surface area contributed by atoms with Crippen LogP contribution in [0.15, 0.2) is 36.5 Å². The number of likely N-dealkylation sites (tertiary alicyclic amines) is 1. The summed E-state index contributed by atoms with van der Waals surface area (Å²) in [6.45, 7) is 5.09. The van der Waals surface area contributed by atoms with Crippen molar-refractivity contribution in [1.29, 1.82) is 0 Å². The molecule has 0 bridgehead atoms. The third kappa shape index (κ3) is 3.96. The van der Waals surface area contributed by atoms with Crippen LogP contribution in [0.2, 0.25) is 0 Å². The maximum atomic E-state index is 13.0. The van der Waals surface area contributed by atoms with E-state index in [2.05, 4.69) is 20.7 Å². The molecule has 7 rings (SSSR count). The second kappa shape index (κ2) is 9.05. The molecule has 2 amide bonds. The van der Waals surface area contributed by atoms with Crippen LogP contribution < -0.4 is 0 Å². The average molecular weight is 511 g/mol. The predicted octanol–water partition coefficient (Wildman–Crippen LogP) is 3.54. The zero-order valence-corrected chi connectivity index (χ0v) is 21.4. The first-order valence-corrected chi connectivity index (χ1v) is 13.3. The number of aromatic amines is 1. The molecule has 0 unspecified atom stereocenters. The van der Waals surface area contributed by atoms with Gasteiger partial charge >= 0.3 is 6.03 Å². The van der Waals surface area contributed by atoms with Gasteiger partial charge in [0.25, 0.3) is 0 Å². The highest BCUT2D eigenvalue weighted by Gasteiger charge is 2.32. The maximum Gasteiger partial charge on any atom is 0.320 e. The van der Waals surface area contributed by atoms with E-state index in [1.165, 1.54) is 5.69 Å². The molecule has 2 N–H and O–H groups in total. The zero-order valence-electron chi connectivity index (χ0n) is 21.4. The Hall–Kier alpha value is -4.05. The summed E-state index contributed by atoms with van der Waals surface area (Å²) in [5.41, 5.74) is 8.76. The Morgan fingerprint density at radius 2 is 1.92 bits per heavy atom. The summed E-state index contributed by atoms with van der Waals surface area (Å²) in [6.07, 6.45) is 4.87. The number of hydrogen-bond acceptors (Lipinski definition) is 6. The number of aliphatic hydroxyl groups excluding tert-OH is 1. The minimum atomic E-state index is -0.300.